The molecule has 2 fully saturated rings. The fourth-order valence-electron chi connectivity index (χ4n) is 2.41. The van der Waals surface area contributed by atoms with E-state index in [4.69, 9.17) is 0 Å². The highest BCUT2D eigenvalue weighted by Gasteiger charge is 2.45. The van der Waals surface area contributed by atoms with E-state index in [1.54, 1.807) is 0 Å². The second-order valence-electron chi connectivity index (χ2n) is 3.78. The number of carbonyl (C=O) groups is 1. The third kappa shape index (κ3) is 1.02. The molecular formula is C8H11NO3. The maximum absolute atomic E-state index is 11.3. The average Bonchev–Trinajstić information content (AvgIpc) is 2.30. The number of fused-ring (bicyclic) bond motifs is 2. The van der Waals surface area contributed by atoms with E-state index in [-0.39, 0.29) is 22.5 Å². The van der Waals surface area contributed by atoms with Crippen LogP contribution < -0.4 is 0 Å². The molecule has 0 N–H and O–H groups in total. The number of rotatable bonds is 1. The zero-order valence-corrected chi connectivity index (χ0v) is 6.73. The first kappa shape index (κ1) is 7.71. The molecule has 2 rings (SSSR count). The monoisotopic (exact) mass is 169 g/mol. The van der Waals surface area contributed by atoms with Crippen LogP contribution >= 0.6 is 0 Å². The lowest BCUT2D eigenvalue weighted by Crippen LogP contribution is -2.33. The summed E-state index contributed by atoms with van der Waals surface area (Å²) in [5.41, 5.74) is 0. The second kappa shape index (κ2) is 2.54. The topological polar surface area (TPSA) is 60.2 Å². The van der Waals surface area contributed by atoms with Gasteiger partial charge in [0.25, 0.3) is 0 Å². The molecule has 0 aromatic carbocycles. The van der Waals surface area contributed by atoms with Crippen molar-refractivity contribution in [2.75, 3.05) is 0 Å². The van der Waals surface area contributed by atoms with E-state index < -0.39 is 6.04 Å². The Balaban J connectivity index is 2.12. The van der Waals surface area contributed by atoms with Crippen LogP contribution in [0.5, 0.6) is 0 Å². The highest BCUT2D eigenvalue weighted by atomic mass is 16.6. The van der Waals surface area contributed by atoms with Gasteiger partial charge in [-0.1, -0.05) is 0 Å². The molecule has 2 aliphatic rings. The number of nitro groups is 1. The predicted molar refractivity (Wildman–Crippen MR) is 41.2 cm³/mol. The molecule has 0 amide bonds. The molecule has 0 aromatic heterocycles. The van der Waals surface area contributed by atoms with E-state index in [1.807, 2.05) is 0 Å². The molecule has 4 nitrogen and oxygen atoms in total. The van der Waals surface area contributed by atoms with Gasteiger partial charge in [-0.2, -0.15) is 0 Å². The quantitative estimate of drug-likeness (QED) is 0.435. The highest BCUT2D eigenvalue weighted by molar-refractivity contribution is 5.86. The molecule has 0 spiro atoms. The van der Waals surface area contributed by atoms with Crippen LogP contribution in [0.15, 0.2) is 0 Å². The third-order valence-electron chi connectivity index (χ3n) is 3.08. The van der Waals surface area contributed by atoms with Gasteiger partial charge in [-0.3, -0.25) is 14.9 Å². The van der Waals surface area contributed by atoms with Crippen molar-refractivity contribution in [1.82, 2.24) is 0 Å². The van der Waals surface area contributed by atoms with Crippen molar-refractivity contribution in [3.63, 3.8) is 0 Å². The SMILES string of the molecule is O=C1C2CCC1CC([N+](=O)[O-])C2. The summed E-state index contributed by atoms with van der Waals surface area (Å²) in [6.07, 6.45) is 2.74. The Morgan fingerprint density at radius 1 is 1.25 bits per heavy atom. The van der Waals surface area contributed by atoms with Crippen molar-refractivity contribution < 1.29 is 9.72 Å². The first-order valence-corrected chi connectivity index (χ1v) is 4.35. The summed E-state index contributed by atoms with van der Waals surface area (Å²) in [7, 11) is 0. The predicted octanol–water partition coefficient (Wildman–Crippen LogP) is 1.02. The second-order valence-corrected chi connectivity index (χ2v) is 3.78. The molecule has 0 aliphatic heterocycles. The zero-order chi connectivity index (χ0) is 8.72. The normalized spacial score (nSPS) is 40.0. The minimum Gasteiger partial charge on any atom is -0.299 e. The minimum absolute atomic E-state index is 0.0131. The van der Waals surface area contributed by atoms with Crippen molar-refractivity contribution in [2.24, 2.45) is 11.8 Å². The Hall–Kier alpha value is -0.930. The van der Waals surface area contributed by atoms with Gasteiger partial charge in [0.05, 0.1) is 0 Å². The molecule has 4 heteroatoms. The summed E-state index contributed by atoms with van der Waals surface area (Å²) in [4.78, 5) is 21.6. The maximum atomic E-state index is 11.3. The molecule has 2 bridgehead atoms. The molecular weight excluding hydrogens is 158 g/mol. The zero-order valence-electron chi connectivity index (χ0n) is 6.73. The van der Waals surface area contributed by atoms with E-state index in [0.717, 1.165) is 12.8 Å². The lowest BCUT2D eigenvalue weighted by Gasteiger charge is -2.20. The number of Topliss-reactive ketones (excluding diaryl/α,β-unsaturated/α-hetero) is 1. The first-order chi connectivity index (χ1) is 5.68. The number of hydrogen-bond donors (Lipinski definition) is 0. The fourth-order valence-corrected chi connectivity index (χ4v) is 2.41. The number of nitrogens with zero attached hydrogens (tertiary/aromatic N) is 1. The van der Waals surface area contributed by atoms with Gasteiger partial charge in [0.2, 0.25) is 6.04 Å². The summed E-state index contributed by atoms with van der Waals surface area (Å²) in [5, 5.41) is 10.5. The molecule has 2 saturated carbocycles. The van der Waals surface area contributed by atoms with E-state index >= 15 is 0 Å². The summed E-state index contributed by atoms with van der Waals surface area (Å²) >= 11 is 0. The van der Waals surface area contributed by atoms with Gasteiger partial charge in [-0.25, -0.2) is 0 Å². The Kier molecular flexibility index (Phi) is 1.63. The van der Waals surface area contributed by atoms with Crippen LogP contribution in [0.1, 0.15) is 25.7 Å². The van der Waals surface area contributed by atoms with Crippen molar-refractivity contribution in [3.8, 4) is 0 Å². The molecule has 0 saturated heterocycles. The average molecular weight is 169 g/mol. The van der Waals surface area contributed by atoms with Crippen molar-refractivity contribution >= 4 is 5.78 Å². The number of carbonyl (C=O) groups excluding carboxylic acids is 1. The van der Waals surface area contributed by atoms with Crippen LogP contribution in [-0.4, -0.2) is 16.7 Å². The Bertz CT molecular complexity index is 222. The number of ketones is 1. The van der Waals surface area contributed by atoms with E-state index in [0.29, 0.717) is 12.8 Å². The van der Waals surface area contributed by atoms with Gasteiger partial charge in [-0.05, 0) is 12.8 Å². The van der Waals surface area contributed by atoms with Crippen LogP contribution in [0.3, 0.4) is 0 Å². The summed E-state index contributed by atoms with van der Waals surface area (Å²) in [6, 6.07) is -0.444. The van der Waals surface area contributed by atoms with Crippen LogP contribution in [0, 0.1) is 22.0 Å². The van der Waals surface area contributed by atoms with E-state index in [1.165, 1.54) is 0 Å². The van der Waals surface area contributed by atoms with Gasteiger partial charge in [0.1, 0.15) is 5.78 Å². The molecule has 12 heavy (non-hydrogen) atoms. The third-order valence-corrected chi connectivity index (χ3v) is 3.08. The van der Waals surface area contributed by atoms with Gasteiger partial charge in [-0.15, -0.1) is 0 Å². The van der Waals surface area contributed by atoms with Crippen LogP contribution in [-0.2, 0) is 4.79 Å². The highest BCUT2D eigenvalue weighted by Crippen LogP contribution is 2.39. The molecule has 0 radical (unpaired) electrons. The lowest BCUT2D eigenvalue weighted by molar-refractivity contribution is -0.526. The summed E-state index contributed by atoms with van der Waals surface area (Å²) in [5.74, 6) is 0.311. The van der Waals surface area contributed by atoms with Crippen LogP contribution in [0.4, 0.5) is 0 Å². The van der Waals surface area contributed by atoms with E-state index in [2.05, 4.69) is 0 Å². The standard InChI is InChI=1S/C8H11NO3/c10-8-5-1-2-6(8)4-7(3-5)9(11)12/h5-7H,1-4H2. The van der Waals surface area contributed by atoms with Gasteiger partial charge >= 0.3 is 0 Å². The minimum atomic E-state index is -0.444. The van der Waals surface area contributed by atoms with Gasteiger partial charge in [0, 0.05) is 29.6 Å². The first-order valence-electron chi connectivity index (χ1n) is 4.35. The molecule has 2 unspecified atom stereocenters. The summed E-state index contributed by atoms with van der Waals surface area (Å²) in [6.45, 7) is 0. The van der Waals surface area contributed by atoms with E-state index in [9.17, 15) is 14.9 Å². The fraction of sp³-hybridized carbons (Fsp3) is 0.875. The molecule has 0 heterocycles. The van der Waals surface area contributed by atoms with Crippen molar-refractivity contribution in [2.45, 2.75) is 31.7 Å². The van der Waals surface area contributed by atoms with Crippen molar-refractivity contribution in [1.29, 1.82) is 0 Å². The molecule has 2 aliphatic carbocycles. The van der Waals surface area contributed by atoms with Crippen LogP contribution in [0.25, 0.3) is 0 Å². The Morgan fingerprint density at radius 2 is 1.75 bits per heavy atom. The maximum Gasteiger partial charge on any atom is 0.214 e. The Labute approximate surface area is 70.1 Å². The lowest BCUT2D eigenvalue weighted by atomic mass is 9.85. The largest absolute Gasteiger partial charge is 0.299 e. The van der Waals surface area contributed by atoms with Gasteiger partial charge < -0.3 is 0 Å². The van der Waals surface area contributed by atoms with Crippen molar-refractivity contribution in [3.05, 3.63) is 10.1 Å². The van der Waals surface area contributed by atoms with Crippen LogP contribution in [0.2, 0.25) is 0 Å². The summed E-state index contributed by atoms with van der Waals surface area (Å²) < 4.78 is 0. The van der Waals surface area contributed by atoms with Gasteiger partial charge in [0.15, 0.2) is 0 Å². The smallest absolute Gasteiger partial charge is 0.214 e. The molecule has 2 atom stereocenters. The molecule has 0 aromatic rings. The molecule has 66 valence electrons. The Morgan fingerprint density at radius 3 is 2.17 bits per heavy atom. The number of hydrogen-bond acceptors (Lipinski definition) is 3.